The molecule has 0 atom stereocenters. The van der Waals surface area contributed by atoms with Crippen LogP contribution in [0.1, 0.15) is 58.0 Å². The third kappa shape index (κ3) is 6.04. The molecule has 1 fully saturated rings. The summed E-state index contributed by atoms with van der Waals surface area (Å²) in [6.45, 7) is 0.0391. The van der Waals surface area contributed by atoms with Crippen molar-refractivity contribution in [2.45, 2.75) is 38.0 Å². The Bertz CT molecular complexity index is 1250. The first kappa shape index (κ1) is 25.2. The molecule has 4 rings (SSSR count). The van der Waals surface area contributed by atoms with E-state index < -0.39 is 23.3 Å². The smallest absolute Gasteiger partial charge is 0.416 e. The fraction of sp³-hybridized carbons (Fsp3) is 0.292. The van der Waals surface area contributed by atoms with Gasteiger partial charge in [-0.2, -0.15) is 13.2 Å². The number of carboxylic acid groups (broad SMARTS) is 1. The van der Waals surface area contributed by atoms with Crippen molar-refractivity contribution in [3.05, 3.63) is 74.7 Å². The summed E-state index contributed by atoms with van der Waals surface area (Å²) in [6, 6.07) is 2.65. The fourth-order valence-corrected chi connectivity index (χ4v) is 4.08. The standard InChI is InChI=1S/C24H19Cl2F3N2O4/c25-18-10-30-11-19(26)20(18)21-17(22(35-31-21)14-4-5-14)3-1-2-6-34-12-13-7-15(23(32)33)9-16(8-13)24(27,28)29/h1,3,7-11,14H,2,4-6,12H2,(H,32,33)/b3-1+. The molecule has 0 radical (unpaired) electrons. The molecule has 11 heteroatoms. The predicted octanol–water partition coefficient (Wildman–Crippen LogP) is 7.26. The van der Waals surface area contributed by atoms with Gasteiger partial charge in [-0.15, -0.1) is 0 Å². The molecule has 2 aromatic heterocycles. The minimum Gasteiger partial charge on any atom is -0.478 e. The molecule has 3 aromatic rings. The summed E-state index contributed by atoms with van der Waals surface area (Å²) >= 11 is 12.6. The highest BCUT2D eigenvalue weighted by Gasteiger charge is 2.33. The average molecular weight is 527 g/mol. The molecule has 6 nitrogen and oxygen atoms in total. The van der Waals surface area contributed by atoms with Crippen molar-refractivity contribution in [3.63, 3.8) is 0 Å². The molecule has 1 saturated carbocycles. The first-order valence-electron chi connectivity index (χ1n) is 10.6. The molecular formula is C24H19Cl2F3N2O4. The second kappa shape index (κ2) is 10.4. The third-order valence-corrected chi connectivity index (χ3v) is 5.92. The van der Waals surface area contributed by atoms with E-state index in [0.29, 0.717) is 33.8 Å². The molecule has 2 heterocycles. The molecule has 0 unspecified atom stereocenters. The van der Waals surface area contributed by atoms with Crippen LogP contribution < -0.4 is 0 Å². The van der Waals surface area contributed by atoms with Crippen LogP contribution in [-0.4, -0.2) is 27.8 Å². The zero-order valence-electron chi connectivity index (χ0n) is 18.1. The molecule has 1 aliphatic carbocycles. The number of rotatable bonds is 9. The number of carboxylic acids is 1. The van der Waals surface area contributed by atoms with Gasteiger partial charge in [0.1, 0.15) is 11.5 Å². The van der Waals surface area contributed by atoms with Gasteiger partial charge in [0.25, 0.3) is 0 Å². The zero-order chi connectivity index (χ0) is 25.2. The minimum absolute atomic E-state index is 0.125. The van der Waals surface area contributed by atoms with E-state index in [1.807, 2.05) is 12.2 Å². The summed E-state index contributed by atoms with van der Waals surface area (Å²) in [4.78, 5) is 15.1. The highest BCUT2D eigenvalue weighted by molar-refractivity contribution is 6.39. The Hall–Kier alpha value is -2.88. The van der Waals surface area contributed by atoms with E-state index in [1.54, 1.807) is 0 Å². The van der Waals surface area contributed by atoms with Crippen molar-refractivity contribution < 1.29 is 32.3 Å². The number of carbonyl (C=O) groups is 1. The largest absolute Gasteiger partial charge is 0.478 e. The van der Waals surface area contributed by atoms with Crippen LogP contribution in [0.4, 0.5) is 13.2 Å². The maximum Gasteiger partial charge on any atom is 0.416 e. The van der Waals surface area contributed by atoms with Crippen LogP contribution in [0.2, 0.25) is 10.0 Å². The Kier molecular flexibility index (Phi) is 7.49. The first-order valence-corrected chi connectivity index (χ1v) is 11.4. The number of alkyl halides is 3. The maximum absolute atomic E-state index is 13.1. The number of aromatic nitrogens is 2. The Morgan fingerprint density at radius 3 is 2.54 bits per heavy atom. The number of aromatic carboxylic acids is 1. The van der Waals surface area contributed by atoms with Crippen LogP contribution in [0, 0.1) is 0 Å². The Balaban J connectivity index is 1.43. The van der Waals surface area contributed by atoms with E-state index in [9.17, 15) is 18.0 Å². The number of hydrogen-bond acceptors (Lipinski definition) is 5. The van der Waals surface area contributed by atoms with Crippen LogP contribution in [0.25, 0.3) is 17.3 Å². The maximum atomic E-state index is 13.1. The van der Waals surface area contributed by atoms with Gasteiger partial charge in [-0.1, -0.05) is 40.5 Å². The van der Waals surface area contributed by atoms with Crippen LogP contribution in [0.3, 0.4) is 0 Å². The molecule has 0 spiro atoms. The second-order valence-corrected chi connectivity index (χ2v) is 8.84. The molecule has 184 valence electrons. The van der Waals surface area contributed by atoms with Crippen LogP contribution in [0.15, 0.2) is 41.2 Å². The molecule has 0 amide bonds. The minimum atomic E-state index is -4.65. The lowest BCUT2D eigenvalue weighted by molar-refractivity contribution is -0.137. The summed E-state index contributed by atoms with van der Waals surface area (Å²) in [5.41, 5.74) is 0.434. The Morgan fingerprint density at radius 1 is 1.20 bits per heavy atom. The van der Waals surface area contributed by atoms with E-state index in [4.69, 9.17) is 37.6 Å². The average Bonchev–Trinajstić information content (AvgIpc) is 3.56. The third-order valence-electron chi connectivity index (χ3n) is 5.34. The Labute approximate surface area is 208 Å². The Morgan fingerprint density at radius 2 is 1.91 bits per heavy atom. The summed E-state index contributed by atoms with van der Waals surface area (Å²) in [7, 11) is 0. The van der Waals surface area contributed by atoms with Crippen LogP contribution >= 0.6 is 23.2 Å². The van der Waals surface area contributed by atoms with Gasteiger partial charge in [0.05, 0.1) is 34.4 Å². The number of benzene rings is 1. The number of ether oxygens (including phenoxy) is 1. The van der Waals surface area contributed by atoms with Gasteiger partial charge in [0.15, 0.2) is 0 Å². The number of hydrogen-bond donors (Lipinski definition) is 1. The topological polar surface area (TPSA) is 85.5 Å². The lowest BCUT2D eigenvalue weighted by Crippen LogP contribution is -2.09. The van der Waals surface area contributed by atoms with Crippen molar-refractivity contribution in [1.82, 2.24) is 10.1 Å². The molecule has 0 saturated heterocycles. The molecule has 0 aliphatic heterocycles. The summed E-state index contributed by atoms with van der Waals surface area (Å²) in [5.74, 6) is -0.423. The normalized spacial score (nSPS) is 14.1. The SMILES string of the molecule is O=C(O)c1cc(COCC/C=C/c2c(-c3c(Cl)cncc3Cl)noc2C2CC2)cc(C(F)(F)F)c1. The van der Waals surface area contributed by atoms with Gasteiger partial charge in [-0.05, 0) is 43.0 Å². The van der Waals surface area contributed by atoms with Gasteiger partial charge >= 0.3 is 12.1 Å². The molecule has 1 N–H and O–H groups in total. The van der Waals surface area contributed by atoms with E-state index in [1.165, 1.54) is 18.5 Å². The quantitative estimate of drug-likeness (QED) is 0.295. The molecular weight excluding hydrogens is 508 g/mol. The van der Waals surface area contributed by atoms with Gasteiger partial charge in [0.2, 0.25) is 0 Å². The first-order chi connectivity index (χ1) is 16.6. The number of nitrogens with zero attached hydrogens (tertiary/aromatic N) is 2. The van der Waals surface area contributed by atoms with Crippen molar-refractivity contribution in [3.8, 4) is 11.3 Å². The summed E-state index contributed by atoms with van der Waals surface area (Å²) < 4.78 is 50.2. The van der Waals surface area contributed by atoms with Crippen molar-refractivity contribution >= 4 is 35.2 Å². The van der Waals surface area contributed by atoms with E-state index >= 15 is 0 Å². The second-order valence-electron chi connectivity index (χ2n) is 8.03. The molecule has 0 bridgehead atoms. The lowest BCUT2D eigenvalue weighted by Gasteiger charge is -2.11. The van der Waals surface area contributed by atoms with Crippen molar-refractivity contribution in [2.24, 2.45) is 0 Å². The predicted molar refractivity (Wildman–Crippen MR) is 123 cm³/mol. The highest BCUT2D eigenvalue weighted by Crippen LogP contribution is 2.46. The monoisotopic (exact) mass is 526 g/mol. The van der Waals surface area contributed by atoms with E-state index in [2.05, 4.69) is 10.1 Å². The number of halogens is 5. The fourth-order valence-electron chi connectivity index (χ4n) is 3.53. The lowest BCUT2D eigenvalue weighted by atomic mass is 10.0. The van der Waals surface area contributed by atoms with Crippen LogP contribution in [0.5, 0.6) is 0 Å². The summed E-state index contributed by atoms with van der Waals surface area (Å²) in [6.07, 6.45) is 4.38. The highest BCUT2D eigenvalue weighted by atomic mass is 35.5. The molecule has 35 heavy (non-hydrogen) atoms. The van der Waals surface area contributed by atoms with Crippen molar-refractivity contribution in [2.75, 3.05) is 6.61 Å². The zero-order valence-corrected chi connectivity index (χ0v) is 19.6. The van der Waals surface area contributed by atoms with E-state index in [0.717, 1.165) is 30.2 Å². The van der Waals surface area contributed by atoms with Crippen molar-refractivity contribution in [1.29, 1.82) is 0 Å². The molecule has 1 aliphatic rings. The number of pyridine rings is 1. The molecule has 1 aromatic carbocycles. The van der Waals surface area contributed by atoms with E-state index in [-0.39, 0.29) is 24.7 Å². The van der Waals surface area contributed by atoms with Gasteiger partial charge in [-0.3, -0.25) is 4.98 Å². The van der Waals surface area contributed by atoms with Gasteiger partial charge < -0.3 is 14.4 Å². The van der Waals surface area contributed by atoms with Gasteiger partial charge in [-0.25, -0.2) is 4.79 Å². The van der Waals surface area contributed by atoms with Crippen LogP contribution in [-0.2, 0) is 17.5 Å². The summed E-state index contributed by atoms with van der Waals surface area (Å²) in [5, 5.41) is 13.9. The van der Waals surface area contributed by atoms with Gasteiger partial charge in [0, 0.05) is 29.4 Å².